The maximum Gasteiger partial charge on any atom is 0.471 e. The Hall–Kier alpha value is -2.30. The molecule has 0 N–H and O–H groups in total. The van der Waals surface area contributed by atoms with Crippen LogP contribution in [0.15, 0.2) is 54.6 Å². The van der Waals surface area contributed by atoms with Gasteiger partial charge in [0.25, 0.3) is 0 Å². The van der Waals surface area contributed by atoms with Crippen LogP contribution in [-0.2, 0) is 4.79 Å². The van der Waals surface area contributed by atoms with Crippen LogP contribution in [0, 0.1) is 0 Å². The van der Waals surface area contributed by atoms with Crippen LogP contribution < -0.4 is 0 Å². The minimum absolute atomic E-state index is 0.0716. The lowest BCUT2D eigenvalue weighted by Gasteiger charge is -2.19. The van der Waals surface area contributed by atoms with E-state index in [1.165, 1.54) is 0 Å². The number of alkyl halides is 3. The van der Waals surface area contributed by atoms with Crippen molar-refractivity contribution in [1.29, 1.82) is 0 Å². The van der Waals surface area contributed by atoms with E-state index in [2.05, 4.69) is 0 Å². The summed E-state index contributed by atoms with van der Waals surface area (Å²) in [6, 6.07) is 17.5. The molecular formula is C18H16F3NO. The maximum atomic E-state index is 12.6. The van der Waals surface area contributed by atoms with Gasteiger partial charge >= 0.3 is 12.1 Å². The predicted octanol–water partition coefficient (Wildman–Crippen LogP) is 4.23. The second-order valence-corrected chi connectivity index (χ2v) is 5.69. The molecule has 1 unspecified atom stereocenters. The first-order chi connectivity index (χ1) is 11.0. The van der Waals surface area contributed by atoms with Gasteiger partial charge in [0.1, 0.15) is 0 Å². The summed E-state index contributed by atoms with van der Waals surface area (Å²) in [5, 5.41) is 0. The first-order valence-corrected chi connectivity index (χ1v) is 7.47. The minimum atomic E-state index is -4.80. The topological polar surface area (TPSA) is 20.3 Å². The van der Waals surface area contributed by atoms with Crippen LogP contribution in [0.2, 0.25) is 0 Å². The molecule has 0 aliphatic carbocycles. The Labute approximate surface area is 132 Å². The summed E-state index contributed by atoms with van der Waals surface area (Å²) in [6.45, 7) is 0.258. The number of rotatable bonds is 2. The second-order valence-electron chi connectivity index (χ2n) is 5.69. The van der Waals surface area contributed by atoms with Gasteiger partial charge in [0.05, 0.1) is 0 Å². The zero-order chi connectivity index (χ0) is 16.4. The molecule has 0 saturated carbocycles. The molecule has 23 heavy (non-hydrogen) atoms. The molecule has 2 nitrogen and oxygen atoms in total. The minimum Gasteiger partial charge on any atom is -0.334 e. The third kappa shape index (κ3) is 3.23. The van der Waals surface area contributed by atoms with Gasteiger partial charge < -0.3 is 4.90 Å². The summed E-state index contributed by atoms with van der Waals surface area (Å²) >= 11 is 0. The lowest BCUT2D eigenvalue weighted by molar-refractivity contribution is -0.184. The van der Waals surface area contributed by atoms with Crippen molar-refractivity contribution in [2.75, 3.05) is 13.1 Å². The maximum absolute atomic E-state index is 12.6. The smallest absolute Gasteiger partial charge is 0.334 e. The van der Waals surface area contributed by atoms with Crippen molar-refractivity contribution in [3.8, 4) is 11.1 Å². The molecule has 1 fully saturated rings. The summed E-state index contributed by atoms with van der Waals surface area (Å²) in [4.78, 5) is 12.3. The van der Waals surface area contributed by atoms with Crippen molar-refractivity contribution >= 4 is 5.91 Å². The molecule has 0 spiro atoms. The Morgan fingerprint density at radius 1 is 1.00 bits per heavy atom. The van der Waals surface area contributed by atoms with E-state index in [0.717, 1.165) is 21.6 Å². The van der Waals surface area contributed by atoms with E-state index >= 15 is 0 Å². The third-order valence-corrected chi connectivity index (χ3v) is 4.20. The summed E-state index contributed by atoms with van der Waals surface area (Å²) < 4.78 is 37.8. The van der Waals surface area contributed by atoms with Crippen molar-refractivity contribution in [2.45, 2.75) is 18.5 Å². The van der Waals surface area contributed by atoms with Gasteiger partial charge in [-0.2, -0.15) is 13.2 Å². The number of carbonyl (C=O) groups is 1. The van der Waals surface area contributed by atoms with Crippen LogP contribution in [0.1, 0.15) is 17.9 Å². The lowest BCUT2D eigenvalue weighted by atomic mass is 9.90. The third-order valence-electron chi connectivity index (χ3n) is 4.20. The fourth-order valence-electron chi connectivity index (χ4n) is 3.11. The van der Waals surface area contributed by atoms with Crippen LogP contribution in [0.3, 0.4) is 0 Å². The average Bonchev–Trinajstić information content (AvgIpc) is 3.04. The molecule has 2 aromatic carbocycles. The fraction of sp³-hybridized carbons (Fsp3) is 0.278. The number of carbonyl (C=O) groups excluding carboxylic acids is 1. The molecule has 0 aromatic heterocycles. The van der Waals surface area contributed by atoms with Crippen LogP contribution in [-0.4, -0.2) is 30.1 Å². The highest BCUT2D eigenvalue weighted by Crippen LogP contribution is 2.35. The Morgan fingerprint density at radius 2 is 1.65 bits per heavy atom. The summed E-state index contributed by atoms with van der Waals surface area (Å²) in [5.74, 6) is -1.81. The Kier molecular flexibility index (Phi) is 4.11. The van der Waals surface area contributed by atoms with Gasteiger partial charge in [-0.1, -0.05) is 54.6 Å². The van der Waals surface area contributed by atoms with Gasteiger partial charge in [-0.15, -0.1) is 0 Å². The highest BCUT2D eigenvalue weighted by Gasteiger charge is 2.44. The van der Waals surface area contributed by atoms with E-state index in [-0.39, 0.29) is 19.0 Å². The highest BCUT2D eigenvalue weighted by molar-refractivity contribution is 5.82. The molecule has 120 valence electrons. The summed E-state index contributed by atoms with van der Waals surface area (Å²) in [6.07, 6.45) is -4.25. The summed E-state index contributed by atoms with van der Waals surface area (Å²) in [7, 11) is 0. The summed E-state index contributed by atoms with van der Waals surface area (Å²) in [5.41, 5.74) is 3.04. The van der Waals surface area contributed by atoms with E-state index in [4.69, 9.17) is 0 Å². The Bertz CT molecular complexity index is 697. The first kappa shape index (κ1) is 15.6. The zero-order valence-electron chi connectivity index (χ0n) is 12.4. The van der Waals surface area contributed by atoms with E-state index in [0.29, 0.717) is 6.42 Å². The number of halogens is 3. The molecule has 2 aromatic rings. The van der Waals surface area contributed by atoms with Gasteiger partial charge in [-0.05, 0) is 23.1 Å². The van der Waals surface area contributed by atoms with Gasteiger partial charge in [0, 0.05) is 19.0 Å². The fourth-order valence-corrected chi connectivity index (χ4v) is 3.11. The number of hydrogen-bond donors (Lipinski definition) is 0. The number of amides is 1. The van der Waals surface area contributed by atoms with Crippen molar-refractivity contribution in [1.82, 2.24) is 4.90 Å². The first-order valence-electron chi connectivity index (χ1n) is 7.47. The molecule has 3 rings (SSSR count). The van der Waals surface area contributed by atoms with Crippen molar-refractivity contribution in [3.05, 3.63) is 60.2 Å². The number of nitrogens with zero attached hydrogens (tertiary/aromatic N) is 1. The van der Waals surface area contributed by atoms with Crippen molar-refractivity contribution in [2.24, 2.45) is 0 Å². The molecule has 0 radical (unpaired) electrons. The molecule has 1 aliphatic heterocycles. The molecule has 1 atom stereocenters. The van der Waals surface area contributed by atoms with Gasteiger partial charge in [-0.25, -0.2) is 0 Å². The molecule has 1 amide bonds. The molecule has 1 saturated heterocycles. The zero-order valence-corrected chi connectivity index (χ0v) is 12.4. The van der Waals surface area contributed by atoms with Gasteiger partial charge in [0.2, 0.25) is 0 Å². The molecular weight excluding hydrogens is 303 g/mol. The van der Waals surface area contributed by atoms with Crippen LogP contribution >= 0.6 is 0 Å². The highest BCUT2D eigenvalue weighted by atomic mass is 19.4. The SMILES string of the molecule is O=C(N1CCC(c2ccccc2-c2ccccc2)C1)C(F)(F)F. The van der Waals surface area contributed by atoms with Crippen molar-refractivity contribution < 1.29 is 18.0 Å². The molecule has 0 bridgehead atoms. The van der Waals surface area contributed by atoms with E-state index in [1.807, 2.05) is 54.6 Å². The average molecular weight is 319 g/mol. The van der Waals surface area contributed by atoms with E-state index < -0.39 is 12.1 Å². The van der Waals surface area contributed by atoms with Crippen molar-refractivity contribution in [3.63, 3.8) is 0 Å². The molecule has 5 heteroatoms. The second kappa shape index (κ2) is 6.07. The van der Waals surface area contributed by atoms with Crippen LogP contribution in [0.4, 0.5) is 13.2 Å². The number of likely N-dealkylation sites (tertiary alicyclic amines) is 1. The van der Waals surface area contributed by atoms with Gasteiger partial charge in [-0.3, -0.25) is 4.79 Å². The standard InChI is InChI=1S/C18H16F3NO/c19-18(20,21)17(23)22-11-10-14(12-22)16-9-5-4-8-15(16)13-6-2-1-3-7-13/h1-9,14H,10-12H2. The van der Waals surface area contributed by atoms with E-state index in [9.17, 15) is 18.0 Å². The number of hydrogen-bond acceptors (Lipinski definition) is 1. The predicted molar refractivity (Wildman–Crippen MR) is 81.9 cm³/mol. The van der Waals surface area contributed by atoms with Gasteiger partial charge in [0.15, 0.2) is 0 Å². The van der Waals surface area contributed by atoms with Crippen LogP contribution in [0.5, 0.6) is 0 Å². The normalized spacial score (nSPS) is 18.2. The molecule has 1 aliphatic rings. The lowest BCUT2D eigenvalue weighted by Crippen LogP contribution is -2.39. The largest absolute Gasteiger partial charge is 0.471 e. The van der Waals surface area contributed by atoms with E-state index in [1.54, 1.807) is 0 Å². The Morgan fingerprint density at radius 3 is 2.35 bits per heavy atom. The monoisotopic (exact) mass is 319 g/mol. The molecule has 1 heterocycles. The number of benzene rings is 2. The van der Waals surface area contributed by atoms with Crippen LogP contribution in [0.25, 0.3) is 11.1 Å². The quantitative estimate of drug-likeness (QED) is 0.811. The Balaban J connectivity index is 1.86.